The molecule has 2 rings (SSSR count). The summed E-state index contributed by atoms with van der Waals surface area (Å²) in [6, 6.07) is 4.73. The average Bonchev–Trinajstić information content (AvgIpc) is 2.59. The lowest BCUT2D eigenvalue weighted by Gasteiger charge is -1.99. The van der Waals surface area contributed by atoms with Crippen molar-refractivity contribution >= 4 is 34.4 Å². The van der Waals surface area contributed by atoms with Gasteiger partial charge in [-0.15, -0.1) is 0 Å². The van der Waals surface area contributed by atoms with Crippen molar-refractivity contribution in [2.45, 2.75) is 6.92 Å². The molecule has 2 aromatic rings. The average molecular weight is 315 g/mol. The van der Waals surface area contributed by atoms with Crippen molar-refractivity contribution in [3.8, 4) is 0 Å². The van der Waals surface area contributed by atoms with Crippen molar-refractivity contribution in [3.63, 3.8) is 0 Å². The Balaban J connectivity index is 2.43. The van der Waals surface area contributed by atoms with E-state index in [0.29, 0.717) is 20.6 Å². The molecule has 0 atom stereocenters. The minimum Gasteiger partial charge on any atom is -0.250 e. The Morgan fingerprint density at radius 1 is 1.59 bits per heavy atom. The summed E-state index contributed by atoms with van der Waals surface area (Å²) in [6.45, 7) is 1.75. The number of nitrogens with zero attached hydrogens (tertiary/aromatic N) is 3. The first-order valence-electron chi connectivity index (χ1n) is 4.72. The van der Waals surface area contributed by atoms with E-state index in [1.807, 2.05) is 0 Å². The van der Waals surface area contributed by atoms with Gasteiger partial charge in [0.05, 0.1) is 6.21 Å². The first-order valence-corrected chi connectivity index (χ1v) is 5.92. The Kier molecular flexibility index (Phi) is 3.49. The number of hydrogen-bond donors (Lipinski definition) is 1. The molecule has 0 amide bonds. The largest absolute Gasteiger partial charge is 0.250 e. The second kappa shape index (κ2) is 4.89. The van der Waals surface area contributed by atoms with Crippen molar-refractivity contribution in [2.75, 3.05) is 0 Å². The lowest BCUT2D eigenvalue weighted by Crippen LogP contribution is -1.96. The molecule has 1 aromatic carbocycles. The van der Waals surface area contributed by atoms with Gasteiger partial charge in [0.2, 0.25) is 4.77 Å². The van der Waals surface area contributed by atoms with Gasteiger partial charge in [-0.3, -0.25) is 5.10 Å². The number of aromatic amines is 1. The van der Waals surface area contributed by atoms with Crippen molar-refractivity contribution in [1.82, 2.24) is 14.9 Å². The van der Waals surface area contributed by atoms with Crippen LogP contribution in [0.1, 0.15) is 11.4 Å². The van der Waals surface area contributed by atoms with E-state index in [9.17, 15) is 4.39 Å². The van der Waals surface area contributed by atoms with Crippen LogP contribution in [0.4, 0.5) is 4.39 Å². The number of H-pyrrole nitrogens is 1. The minimum atomic E-state index is -0.351. The Bertz CT molecular complexity index is 611. The molecule has 0 aliphatic heterocycles. The third-order valence-electron chi connectivity index (χ3n) is 2.11. The highest BCUT2D eigenvalue weighted by Gasteiger charge is 2.04. The molecule has 0 aliphatic carbocycles. The molecule has 4 nitrogen and oxygen atoms in total. The lowest BCUT2D eigenvalue weighted by molar-refractivity contribution is 0.624. The molecule has 88 valence electrons. The predicted molar refractivity (Wildman–Crippen MR) is 69.2 cm³/mol. The second-order valence-electron chi connectivity index (χ2n) is 3.27. The van der Waals surface area contributed by atoms with E-state index in [-0.39, 0.29) is 5.82 Å². The highest BCUT2D eigenvalue weighted by molar-refractivity contribution is 9.10. The van der Waals surface area contributed by atoms with Crippen LogP contribution in [0.5, 0.6) is 0 Å². The Hall–Kier alpha value is -1.34. The maximum absolute atomic E-state index is 13.5. The summed E-state index contributed by atoms with van der Waals surface area (Å²) >= 11 is 8.24. The zero-order chi connectivity index (χ0) is 12.4. The van der Waals surface area contributed by atoms with E-state index in [2.05, 4.69) is 31.2 Å². The zero-order valence-electron chi connectivity index (χ0n) is 8.82. The summed E-state index contributed by atoms with van der Waals surface area (Å²) in [5.41, 5.74) is 0.370. The number of benzene rings is 1. The molecule has 0 spiro atoms. The van der Waals surface area contributed by atoms with Crippen LogP contribution >= 0.6 is 28.1 Å². The van der Waals surface area contributed by atoms with Crippen LogP contribution in [0.15, 0.2) is 27.8 Å². The van der Waals surface area contributed by atoms with Gasteiger partial charge in [-0.25, -0.2) is 4.39 Å². The van der Waals surface area contributed by atoms with Crippen LogP contribution in [0.3, 0.4) is 0 Å². The Morgan fingerprint density at radius 2 is 2.35 bits per heavy atom. The van der Waals surface area contributed by atoms with Crippen LogP contribution in [-0.2, 0) is 0 Å². The van der Waals surface area contributed by atoms with Gasteiger partial charge in [0.25, 0.3) is 0 Å². The second-order valence-corrected chi connectivity index (χ2v) is 4.51. The first kappa shape index (κ1) is 12.1. The monoisotopic (exact) mass is 314 g/mol. The fraction of sp³-hybridized carbons (Fsp3) is 0.100. The highest BCUT2D eigenvalue weighted by Crippen LogP contribution is 2.17. The van der Waals surface area contributed by atoms with Gasteiger partial charge >= 0.3 is 0 Å². The number of halogens is 2. The molecule has 0 aliphatic rings. The van der Waals surface area contributed by atoms with Crippen LogP contribution in [-0.4, -0.2) is 21.1 Å². The van der Waals surface area contributed by atoms with Crippen molar-refractivity contribution in [3.05, 3.63) is 44.6 Å². The van der Waals surface area contributed by atoms with Crippen LogP contribution in [0.2, 0.25) is 0 Å². The SMILES string of the molecule is Cc1n[nH]c(=S)n1N=Cc1c(F)cccc1Br. The number of nitrogens with one attached hydrogen (secondary N) is 1. The van der Waals surface area contributed by atoms with E-state index < -0.39 is 0 Å². The van der Waals surface area contributed by atoms with Gasteiger partial charge < -0.3 is 0 Å². The normalized spacial score (nSPS) is 11.2. The van der Waals surface area contributed by atoms with E-state index in [1.54, 1.807) is 19.1 Å². The van der Waals surface area contributed by atoms with Crippen molar-refractivity contribution in [1.29, 1.82) is 0 Å². The minimum absolute atomic E-state index is 0.351. The summed E-state index contributed by atoms with van der Waals surface area (Å²) in [5, 5.41) is 10.6. The Labute approximate surface area is 110 Å². The zero-order valence-corrected chi connectivity index (χ0v) is 11.2. The molecule has 0 radical (unpaired) electrons. The van der Waals surface area contributed by atoms with E-state index >= 15 is 0 Å². The molecule has 0 bridgehead atoms. The number of hydrogen-bond acceptors (Lipinski definition) is 3. The van der Waals surface area contributed by atoms with Gasteiger partial charge in [-0.1, -0.05) is 22.0 Å². The molecule has 0 fully saturated rings. The van der Waals surface area contributed by atoms with Gasteiger partial charge in [-0.2, -0.15) is 14.9 Å². The molecule has 1 heterocycles. The van der Waals surface area contributed by atoms with Crippen molar-refractivity contribution < 1.29 is 4.39 Å². The summed E-state index contributed by atoms with van der Waals surface area (Å²) in [7, 11) is 0. The summed E-state index contributed by atoms with van der Waals surface area (Å²) in [4.78, 5) is 0. The third kappa shape index (κ3) is 2.50. The summed E-state index contributed by atoms with van der Waals surface area (Å²) in [5.74, 6) is 0.259. The van der Waals surface area contributed by atoms with Crippen LogP contribution in [0, 0.1) is 17.5 Å². The fourth-order valence-corrected chi connectivity index (χ4v) is 1.93. The quantitative estimate of drug-likeness (QED) is 0.684. The van der Waals surface area contributed by atoms with Crippen LogP contribution in [0.25, 0.3) is 0 Å². The topological polar surface area (TPSA) is 46.0 Å². The smallest absolute Gasteiger partial charge is 0.216 e. The standard InChI is InChI=1S/C10H8BrFN4S/c1-6-14-15-10(17)16(6)13-5-7-8(11)3-2-4-9(7)12/h2-5H,1H3,(H,15,17). The molecule has 7 heteroatoms. The van der Waals surface area contributed by atoms with Gasteiger partial charge in [0.15, 0.2) is 0 Å². The van der Waals surface area contributed by atoms with Crippen LogP contribution < -0.4 is 0 Å². The number of rotatable bonds is 2. The van der Waals surface area contributed by atoms with E-state index in [4.69, 9.17) is 12.2 Å². The predicted octanol–water partition coefficient (Wildman–Crippen LogP) is 3.03. The molecule has 0 saturated heterocycles. The van der Waals surface area contributed by atoms with E-state index in [0.717, 1.165) is 0 Å². The molecule has 1 N–H and O–H groups in total. The molecular formula is C10H8BrFN4S. The third-order valence-corrected chi connectivity index (χ3v) is 3.07. The molecule has 1 aromatic heterocycles. The highest BCUT2D eigenvalue weighted by atomic mass is 79.9. The van der Waals surface area contributed by atoms with Gasteiger partial charge in [-0.05, 0) is 31.3 Å². The molecule has 0 unspecified atom stereocenters. The maximum Gasteiger partial charge on any atom is 0.216 e. The van der Waals surface area contributed by atoms with Crippen molar-refractivity contribution in [2.24, 2.45) is 5.10 Å². The Morgan fingerprint density at radius 3 is 2.94 bits per heavy atom. The van der Waals surface area contributed by atoms with E-state index in [1.165, 1.54) is 17.0 Å². The van der Waals surface area contributed by atoms with Gasteiger partial charge in [0.1, 0.15) is 11.6 Å². The van der Waals surface area contributed by atoms with Gasteiger partial charge in [0, 0.05) is 10.0 Å². The molecule has 17 heavy (non-hydrogen) atoms. The fourth-order valence-electron chi connectivity index (χ4n) is 1.26. The summed E-state index contributed by atoms with van der Waals surface area (Å²) in [6.07, 6.45) is 1.40. The number of aromatic nitrogens is 3. The first-order chi connectivity index (χ1) is 8.09. The molecule has 0 saturated carbocycles. The maximum atomic E-state index is 13.5. The lowest BCUT2D eigenvalue weighted by atomic mass is 10.2. The molecular weight excluding hydrogens is 307 g/mol. The summed E-state index contributed by atoms with van der Waals surface area (Å²) < 4.78 is 15.9. The number of aryl methyl sites for hydroxylation is 1.